The number of pyridine rings is 1. The predicted molar refractivity (Wildman–Crippen MR) is 71.8 cm³/mol. The molecule has 2 N–H and O–H groups in total. The summed E-state index contributed by atoms with van der Waals surface area (Å²) in [5.74, 6) is 0.489. The van der Waals surface area contributed by atoms with Crippen LogP contribution in [0.15, 0.2) is 27.8 Å². The Labute approximate surface area is 111 Å². The molecular formula is C10H11Br2N3O. The van der Waals surface area contributed by atoms with Crippen molar-refractivity contribution in [1.82, 2.24) is 10.3 Å². The molecule has 0 aliphatic heterocycles. The van der Waals surface area contributed by atoms with Crippen LogP contribution in [0.1, 0.15) is 5.56 Å². The van der Waals surface area contributed by atoms with Crippen molar-refractivity contribution >= 4 is 43.7 Å². The van der Waals surface area contributed by atoms with E-state index in [2.05, 4.69) is 54.1 Å². The molecule has 1 rings (SSSR count). The van der Waals surface area contributed by atoms with Crippen LogP contribution in [-0.4, -0.2) is 17.6 Å². The van der Waals surface area contributed by atoms with E-state index in [-0.39, 0.29) is 6.03 Å². The number of halogens is 2. The fourth-order valence-electron chi connectivity index (χ4n) is 0.953. The average molecular weight is 349 g/mol. The normalized spacial score (nSPS) is 9.69. The molecule has 0 aliphatic rings. The van der Waals surface area contributed by atoms with Gasteiger partial charge >= 0.3 is 6.03 Å². The van der Waals surface area contributed by atoms with Crippen LogP contribution in [0.4, 0.5) is 10.6 Å². The number of urea groups is 1. The number of amides is 2. The standard InChI is InChI=1S/C10H11Br2N3O/c1-6-3-8(12)9(13-4-6)15-10(16)14-5-7(2)11/h3-4H,2,5H2,1H3,(H2,13,14,15,16). The molecule has 6 heteroatoms. The van der Waals surface area contributed by atoms with Crippen LogP contribution in [0.2, 0.25) is 0 Å². The van der Waals surface area contributed by atoms with Crippen molar-refractivity contribution < 1.29 is 4.79 Å². The third-order valence-electron chi connectivity index (χ3n) is 1.65. The van der Waals surface area contributed by atoms with Gasteiger partial charge < -0.3 is 5.32 Å². The van der Waals surface area contributed by atoms with Gasteiger partial charge in [-0.15, -0.1) is 0 Å². The first-order chi connectivity index (χ1) is 7.49. The minimum Gasteiger partial charge on any atom is -0.333 e. The molecule has 2 amide bonds. The SMILES string of the molecule is C=C(Br)CNC(=O)Nc1ncc(C)cc1Br. The zero-order valence-corrected chi connectivity index (χ0v) is 11.9. The second-order valence-electron chi connectivity index (χ2n) is 3.17. The Morgan fingerprint density at radius 3 is 2.88 bits per heavy atom. The van der Waals surface area contributed by atoms with Crippen LogP contribution in [0.25, 0.3) is 0 Å². The van der Waals surface area contributed by atoms with E-state index >= 15 is 0 Å². The van der Waals surface area contributed by atoms with E-state index < -0.39 is 0 Å². The van der Waals surface area contributed by atoms with Crippen LogP contribution >= 0.6 is 31.9 Å². The maximum atomic E-state index is 11.4. The molecule has 0 saturated carbocycles. The molecule has 0 saturated heterocycles. The van der Waals surface area contributed by atoms with E-state index in [9.17, 15) is 4.79 Å². The third-order valence-corrected chi connectivity index (χ3v) is 2.54. The summed E-state index contributed by atoms with van der Waals surface area (Å²) in [4.78, 5) is 15.5. The molecule has 86 valence electrons. The van der Waals surface area contributed by atoms with Gasteiger partial charge in [-0.2, -0.15) is 0 Å². The molecule has 1 heterocycles. The lowest BCUT2D eigenvalue weighted by molar-refractivity contribution is 0.253. The summed E-state index contributed by atoms with van der Waals surface area (Å²) >= 11 is 6.47. The Morgan fingerprint density at radius 1 is 1.62 bits per heavy atom. The van der Waals surface area contributed by atoms with Gasteiger partial charge in [0.25, 0.3) is 0 Å². The largest absolute Gasteiger partial charge is 0.333 e. The third kappa shape index (κ3) is 4.32. The first-order valence-electron chi connectivity index (χ1n) is 4.49. The van der Waals surface area contributed by atoms with Crippen molar-refractivity contribution in [3.05, 3.63) is 33.4 Å². The fourth-order valence-corrected chi connectivity index (χ4v) is 1.66. The highest BCUT2D eigenvalue weighted by Gasteiger charge is 2.06. The summed E-state index contributed by atoms with van der Waals surface area (Å²) in [7, 11) is 0. The summed E-state index contributed by atoms with van der Waals surface area (Å²) in [5.41, 5.74) is 1.02. The molecular weight excluding hydrogens is 338 g/mol. The lowest BCUT2D eigenvalue weighted by Crippen LogP contribution is -2.30. The summed E-state index contributed by atoms with van der Waals surface area (Å²) in [6, 6.07) is 1.56. The summed E-state index contributed by atoms with van der Waals surface area (Å²) in [5, 5.41) is 5.24. The molecule has 1 aromatic heterocycles. The number of anilines is 1. The number of rotatable bonds is 3. The highest BCUT2D eigenvalue weighted by atomic mass is 79.9. The number of hydrogen-bond donors (Lipinski definition) is 2. The molecule has 0 aliphatic carbocycles. The summed E-state index contributed by atoms with van der Waals surface area (Å²) < 4.78 is 1.46. The second-order valence-corrected chi connectivity index (χ2v) is 5.14. The van der Waals surface area contributed by atoms with E-state index in [1.165, 1.54) is 0 Å². The Balaban J connectivity index is 2.59. The second kappa shape index (κ2) is 6.00. The Bertz CT molecular complexity index is 421. The molecule has 0 bridgehead atoms. The predicted octanol–water partition coefficient (Wildman–Crippen LogP) is 3.18. The van der Waals surface area contributed by atoms with Crippen molar-refractivity contribution in [3.8, 4) is 0 Å². The van der Waals surface area contributed by atoms with Gasteiger partial charge in [0, 0.05) is 10.7 Å². The van der Waals surface area contributed by atoms with Gasteiger partial charge in [0.2, 0.25) is 0 Å². The summed E-state index contributed by atoms with van der Waals surface area (Å²) in [6.07, 6.45) is 1.68. The van der Waals surface area contributed by atoms with Crippen molar-refractivity contribution in [2.75, 3.05) is 11.9 Å². The molecule has 0 spiro atoms. The highest BCUT2D eigenvalue weighted by molar-refractivity contribution is 9.11. The lowest BCUT2D eigenvalue weighted by atomic mass is 10.3. The number of nitrogens with zero attached hydrogens (tertiary/aromatic N) is 1. The Kier molecular flexibility index (Phi) is 4.95. The smallest absolute Gasteiger partial charge is 0.320 e. The van der Waals surface area contributed by atoms with Gasteiger partial charge in [-0.05, 0) is 34.5 Å². The van der Waals surface area contributed by atoms with Gasteiger partial charge in [-0.3, -0.25) is 5.32 Å². The minimum atomic E-state index is -0.322. The molecule has 0 fully saturated rings. The molecule has 0 unspecified atom stereocenters. The monoisotopic (exact) mass is 347 g/mol. The van der Waals surface area contributed by atoms with Crippen molar-refractivity contribution in [1.29, 1.82) is 0 Å². The van der Waals surface area contributed by atoms with E-state index in [0.29, 0.717) is 16.8 Å². The quantitative estimate of drug-likeness (QED) is 0.881. The van der Waals surface area contributed by atoms with E-state index in [1.807, 2.05) is 13.0 Å². The first-order valence-corrected chi connectivity index (χ1v) is 6.08. The topological polar surface area (TPSA) is 54.0 Å². The average Bonchev–Trinajstić information content (AvgIpc) is 2.19. The maximum absolute atomic E-state index is 11.4. The van der Waals surface area contributed by atoms with Gasteiger partial charge in [0.05, 0.1) is 11.0 Å². The van der Waals surface area contributed by atoms with Gasteiger partial charge in [-0.25, -0.2) is 9.78 Å². The number of aromatic nitrogens is 1. The molecule has 4 nitrogen and oxygen atoms in total. The van der Waals surface area contributed by atoms with Crippen LogP contribution in [0.3, 0.4) is 0 Å². The van der Waals surface area contributed by atoms with Crippen molar-refractivity contribution in [2.24, 2.45) is 0 Å². The van der Waals surface area contributed by atoms with E-state index in [0.717, 1.165) is 10.0 Å². The van der Waals surface area contributed by atoms with Gasteiger partial charge in [0.15, 0.2) is 0 Å². The molecule has 16 heavy (non-hydrogen) atoms. The van der Waals surface area contributed by atoms with Crippen LogP contribution in [0, 0.1) is 6.92 Å². The number of hydrogen-bond acceptors (Lipinski definition) is 2. The molecule has 0 atom stereocenters. The zero-order chi connectivity index (χ0) is 12.1. The molecule has 0 radical (unpaired) electrons. The van der Waals surface area contributed by atoms with Crippen LogP contribution in [0.5, 0.6) is 0 Å². The van der Waals surface area contributed by atoms with Crippen molar-refractivity contribution in [3.63, 3.8) is 0 Å². The Morgan fingerprint density at radius 2 is 2.31 bits per heavy atom. The number of carbonyl (C=O) groups excluding carboxylic acids is 1. The number of nitrogens with one attached hydrogen (secondary N) is 2. The molecule has 0 aromatic carbocycles. The number of carbonyl (C=O) groups is 1. The van der Waals surface area contributed by atoms with E-state index in [1.54, 1.807) is 6.20 Å². The van der Waals surface area contributed by atoms with Crippen LogP contribution in [-0.2, 0) is 0 Å². The maximum Gasteiger partial charge on any atom is 0.320 e. The van der Waals surface area contributed by atoms with Gasteiger partial charge in [0.1, 0.15) is 5.82 Å². The molecule has 1 aromatic rings. The highest BCUT2D eigenvalue weighted by Crippen LogP contribution is 2.20. The fraction of sp³-hybridized carbons (Fsp3) is 0.200. The van der Waals surface area contributed by atoms with Crippen molar-refractivity contribution in [2.45, 2.75) is 6.92 Å². The van der Waals surface area contributed by atoms with Crippen LogP contribution < -0.4 is 10.6 Å². The summed E-state index contributed by atoms with van der Waals surface area (Å²) in [6.45, 7) is 5.91. The minimum absolute atomic E-state index is 0.322. The van der Waals surface area contributed by atoms with Gasteiger partial charge in [-0.1, -0.05) is 22.5 Å². The van der Waals surface area contributed by atoms with E-state index in [4.69, 9.17) is 0 Å². The Hall–Kier alpha value is -0.880. The zero-order valence-electron chi connectivity index (χ0n) is 8.68. The first kappa shape index (κ1) is 13.2. The number of aryl methyl sites for hydroxylation is 1. The lowest BCUT2D eigenvalue weighted by Gasteiger charge is -2.08.